The average Bonchev–Trinajstić information content (AvgIpc) is 3.36. The van der Waals surface area contributed by atoms with Crippen molar-refractivity contribution < 1.29 is 9.18 Å². The lowest BCUT2D eigenvalue weighted by molar-refractivity contribution is 0.0944. The molecule has 2 aromatic rings. The molecule has 0 radical (unpaired) electrons. The van der Waals surface area contributed by atoms with Crippen LogP contribution in [0.5, 0.6) is 0 Å². The molecule has 0 aliphatic heterocycles. The molecule has 0 saturated heterocycles. The van der Waals surface area contributed by atoms with Crippen molar-refractivity contribution in [2.45, 2.75) is 50.7 Å². The average molecular weight is 342 g/mol. The molecule has 1 unspecified atom stereocenters. The maximum Gasteiger partial charge on any atom is 0.272 e. The highest BCUT2D eigenvalue weighted by atomic mass is 19.1. The zero-order chi connectivity index (χ0) is 17.4. The Hall–Kier alpha value is -2.21. The Morgan fingerprint density at radius 3 is 2.72 bits per heavy atom. The first-order chi connectivity index (χ1) is 12.1. The summed E-state index contributed by atoms with van der Waals surface area (Å²) in [6.45, 7) is 0.369. The summed E-state index contributed by atoms with van der Waals surface area (Å²) in [5.41, 5.74) is 3.64. The van der Waals surface area contributed by atoms with Gasteiger partial charge in [-0.15, -0.1) is 0 Å². The molecule has 2 aliphatic rings. The fraction of sp³-hybridized carbons (Fsp3) is 0.474. The summed E-state index contributed by atoms with van der Waals surface area (Å²) < 4.78 is 14.8. The van der Waals surface area contributed by atoms with Crippen LogP contribution in [0.2, 0.25) is 0 Å². The lowest BCUT2D eigenvalue weighted by Gasteiger charge is -2.24. The molecule has 132 valence electrons. The Morgan fingerprint density at radius 2 is 2.00 bits per heavy atom. The van der Waals surface area contributed by atoms with Gasteiger partial charge in [0.05, 0.1) is 0 Å². The number of carbonyl (C=O) groups excluding carboxylic acids is 1. The van der Waals surface area contributed by atoms with Crippen LogP contribution >= 0.6 is 0 Å². The van der Waals surface area contributed by atoms with Crippen LogP contribution in [0, 0.1) is 5.82 Å². The highest BCUT2D eigenvalue weighted by Crippen LogP contribution is 2.27. The Labute approximate surface area is 146 Å². The second kappa shape index (κ2) is 6.59. The number of hydrogen-bond donors (Lipinski definition) is 2. The third kappa shape index (κ3) is 3.58. The van der Waals surface area contributed by atoms with E-state index >= 15 is 0 Å². The van der Waals surface area contributed by atoms with Crippen molar-refractivity contribution in [2.24, 2.45) is 7.05 Å². The van der Waals surface area contributed by atoms with Gasteiger partial charge >= 0.3 is 0 Å². The second-order valence-corrected chi connectivity index (χ2v) is 7.09. The molecule has 6 heteroatoms. The molecule has 5 nitrogen and oxygen atoms in total. The van der Waals surface area contributed by atoms with Crippen molar-refractivity contribution in [2.75, 3.05) is 0 Å². The number of nitrogens with zero attached hydrogens (tertiary/aromatic N) is 2. The maximum atomic E-state index is 13.0. The molecule has 1 saturated carbocycles. The van der Waals surface area contributed by atoms with Gasteiger partial charge in [0.2, 0.25) is 0 Å². The summed E-state index contributed by atoms with van der Waals surface area (Å²) in [5, 5.41) is 11.0. The Bertz CT molecular complexity index is 779. The number of carbonyl (C=O) groups is 1. The van der Waals surface area contributed by atoms with Crippen molar-refractivity contribution in [3.05, 3.63) is 52.6 Å². The van der Waals surface area contributed by atoms with E-state index in [1.807, 2.05) is 11.7 Å². The lowest BCUT2D eigenvalue weighted by Crippen LogP contribution is -2.37. The molecule has 1 aromatic carbocycles. The first-order valence-corrected chi connectivity index (χ1v) is 8.93. The van der Waals surface area contributed by atoms with Crippen molar-refractivity contribution in [3.63, 3.8) is 0 Å². The zero-order valence-corrected chi connectivity index (χ0v) is 14.4. The van der Waals surface area contributed by atoms with E-state index < -0.39 is 0 Å². The van der Waals surface area contributed by atoms with Crippen molar-refractivity contribution in [3.8, 4) is 0 Å². The van der Waals surface area contributed by atoms with Crippen LogP contribution in [-0.4, -0.2) is 27.8 Å². The predicted octanol–water partition coefficient (Wildman–Crippen LogP) is 2.10. The minimum Gasteiger partial charge on any atom is -0.347 e. The molecular weight excluding hydrogens is 319 g/mol. The van der Waals surface area contributed by atoms with Crippen LogP contribution in [0.3, 0.4) is 0 Å². The van der Waals surface area contributed by atoms with Gasteiger partial charge in [0.25, 0.3) is 5.91 Å². The fourth-order valence-corrected chi connectivity index (χ4v) is 3.57. The molecule has 2 N–H and O–H groups in total. The van der Waals surface area contributed by atoms with Gasteiger partial charge in [0.1, 0.15) is 5.82 Å². The number of nitrogens with one attached hydrogen (secondary N) is 2. The quantitative estimate of drug-likeness (QED) is 0.875. The fourth-order valence-electron chi connectivity index (χ4n) is 3.57. The van der Waals surface area contributed by atoms with Gasteiger partial charge in [0.15, 0.2) is 5.69 Å². The molecule has 1 fully saturated rings. The number of fused-ring (bicyclic) bond motifs is 1. The van der Waals surface area contributed by atoms with Crippen LogP contribution in [-0.2, 0) is 26.4 Å². The first kappa shape index (κ1) is 16.3. The van der Waals surface area contributed by atoms with E-state index in [1.165, 1.54) is 30.7 Å². The maximum absolute atomic E-state index is 13.0. The summed E-state index contributed by atoms with van der Waals surface area (Å²) in [5.74, 6) is -0.434. The molecule has 2 aliphatic carbocycles. The number of aromatic nitrogens is 2. The van der Waals surface area contributed by atoms with Crippen molar-refractivity contribution in [1.82, 2.24) is 20.4 Å². The number of hydrogen-bond acceptors (Lipinski definition) is 3. The number of benzene rings is 1. The number of rotatable bonds is 5. The molecule has 1 atom stereocenters. The van der Waals surface area contributed by atoms with Gasteiger partial charge in [-0.05, 0) is 49.8 Å². The monoisotopic (exact) mass is 342 g/mol. The van der Waals surface area contributed by atoms with Crippen LogP contribution in [0.25, 0.3) is 0 Å². The SMILES string of the molecule is Cn1nc(C(=O)NCc2ccc(F)cc2)c2c1CCC(NC1CC1)C2. The largest absolute Gasteiger partial charge is 0.347 e. The van der Waals surface area contributed by atoms with E-state index in [1.54, 1.807) is 12.1 Å². The topological polar surface area (TPSA) is 59.0 Å². The molecule has 1 heterocycles. The second-order valence-electron chi connectivity index (χ2n) is 7.09. The van der Waals surface area contributed by atoms with Crippen LogP contribution < -0.4 is 10.6 Å². The van der Waals surface area contributed by atoms with Crippen LogP contribution in [0.15, 0.2) is 24.3 Å². The predicted molar refractivity (Wildman–Crippen MR) is 92.7 cm³/mol. The van der Waals surface area contributed by atoms with Gasteiger partial charge in [-0.1, -0.05) is 12.1 Å². The minimum atomic E-state index is -0.275. The third-order valence-corrected chi connectivity index (χ3v) is 5.09. The van der Waals surface area contributed by atoms with Gasteiger partial charge in [-0.25, -0.2) is 4.39 Å². The minimum absolute atomic E-state index is 0.159. The molecule has 0 spiro atoms. The standard InChI is InChI=1S/C19H23FN4O/c1-24-17-9-8-15(22-14-6-7-14)10-16(17)18(23-24)19(25)21-11-12-2-4-13(20)5-3-12/h2-5,14-15,22H,6-11H2,1H3,(H,21,25). The molecule has 25 heavy (non-hydrogen) atoms. The molecule has 1 amide bonds. The number of halogens is 1. The van der Waals surface area contributed by atoms with Crippen molar-refractivity contribution in [1.29, 1.82) is 0 Å². The number of aryl methyl sites for hydroxylation is 1. The molecule has 1 aromatic heterocycles. The van der Waals surface area contributed by atoms with Gasteiger partial charge in [0, 0.05) is 36.9 Å². The van der Waals surface area contributed by atoms with Gasteiger partial charge in [-0.3, -0.25) is 9.48 Å². The van der Waals surface area contributed by atoms with Crippen LogP contribution in [0.4, 0.5) is 4.39 Å². The molecule has 0 bridgehead atoms. The summed E-state index contributed by atoms with van der Waals surface area (Å²) in [6, 6.07) is 7.26. The number of amides is 1. The summed E-state index contributed by atoms with van der Waals surface area (Å²) in [6.07, 6.45) is 5.44. The lowest BCUT2D eigenvalue weighted by atomic mass is 9.91. The zero-order valence-electron chi connectivity index (χ0n) is 14.4. The summed E-state index contributed by atoms with van der Waals surface area (Å²) in [4.78, 5) is 12.6. The summed E-state index contributed by atoms with van der Waals surface area (Å²) >= 11 is 0. The summed E-state index contributed by atoms with van der Waals surface area (Å²) in [7, 11) is 1.91. The Balaban J connectivity index is 1.46. The van der Waals surface area contributed by atoms with Crippen LogP contribution in [0.1, 0.15) is 46.6 Å². The van der Waals surface area contributed by atoms with E-state index in [0.717, 1.165) is 30.4 Å². The van der Waals surface area contributed by atoms with E-state index in [2.05, 4.69) is 15.7 Å². The van der Waals surface area contributed by atoms with E-state index in [9.17, 15) is 9.18 Å². The van der Waals surface area contributed by atoms with Gasteiger partial charge < -0.3 is 10.6 Å². The van der Waals surface area contributed by atoms with Gasteiger partial charge in [-0.2, -0.15) is 5.10 Å². The smallest absolute Gasteiger partial charge is 0.272 e. The van der Waals surface area contributed by atoms with E-state index in [-0.39, 0.29) is 11.7 Å². The Kier molecular flexibility index (Phi) is 4.29. The van der Waals surface area contributed by atoms with E-state index in [4.69, 9.17) is 0 Å². The first-order valence-electron chi connectivity index (χ1n) is 8.93. The van der Waals surface area contributed by atoms with Crippen molar-refractivity contribution >= 4 is 5.91 Å². The third-order valence-electron chi connectivity index (χ3n) is 5.09. The normalized spacial score (nSPS) is 19.5. The Morgan fingerprint density at radius 1 is 1.24 bits per heavy atom. The highest BCUT2D eigenvalue weighted by molar-refractivity contribution is 5.94. The highest BCUT2D eigenvalue weighted by Gasteiger charge is 2.31. The molecular formula is C19H23FN4O. The molecule has 4 rings (SSSR count). The van der Waals surface area contributed by atoms with E-state index in [0.29, 0.717) is 24.3 Å².